The number of fused-ring (bicyclic) bond motifs is 1. The Morgan fingerprint density at radius 1 is 1.11 bits per heavy atom. The zero-order valence-electron chi connectivity index (χ0n) is 11.6. The molecule has 19 heavy (non-hydrogen) atoms. The van der Waals surface area contributed by atoms with Crippen LogP contribution in [0, 0.1) is 0 Å². The maximum Gasteiger partial charge on any atom is 0.239 e. The van der Waals surface area contributed by atoms with Crippen LogP contribution >= 0.6 is 0 Å². The topological polar surface area (TPSA) is 23.6 Å². The van der Waals surface area contributed by atoms with Gasteiger partial charge in [0.1, 0.15) is 0 Å². The van der Waals surface area contributed by atoms with E-state index in [9.17, 15) is 4.79 Å². The van der Waals surface area contributed by atoms with Crippen molar-refractivity contribution in [1.29, 1.82) is 0 Å². The van der Waals surface area contributed by atoms with Crippen LogP contribution in [0.3, 0.4) is 0 Å². The number of hydrogen-bond donors (Lipinski definition) is 0. The zero-order valence-corrected chi connectivity index (χ0v) is 11.6. The lowest BCUT2D eigenvalue weighted by Crippen LogP contribution is -2.47. The Bertz CT molecular complexity index is 466. The maximum atomic E-state index is 12.4. The predicted octanol–water partition coefficient (Wildman–Crippen LogP) is 2.06. The first kappa shape index (κ1) is 12.7. The fourth-order valence-corrected chi connectivity index (χ4v) is 3.21. The summed E-state index contributed by atoms with van der Waals surface area (Å²) in [5.41, 5.74) is 2.83. The monoisotopic (exact) mass is 258 g/mol. The second-order valence-electron chi connectivity index (χ2n) is 5.70. The van der Waals surface area contributed by atoms with E-state index in [1.54, 1.807) is 0 Å². The minimum atomic E-state index is 0.0199. The maximum absolute atomic E-state index is 12.4. The molecule has 0 N–H and O–H groups in total. The van der Waals surface area contributed by atoms with Gasteiger partial charge < -0.3 is 4.90 Å². The van der Waals surface area contributed by atoms with Gasteiger partial charge in [-0.15, -0.1) is 0 Å². The highest BCUT2D eigenvalue weighted by Gasteiger charge is 2.29. The van der Waals surface area contributed by atoms with Gasteiger partial charge in [-0.1, -0.05) is 24.3 Å². The molecule has 2 aliphatic heterocycles. The molecule has 0 aromatic heterocycles. The van der Waals surface area contributed by atoms with E-state index in [0.29, 0.717) is 5.91 Å². The van der Waals surface area contributed by atoms with Crippen LogP contribution in [0.2, 0.25) is 0 Å². The molecule has 1 aromatic carbocycles. The van der Waals surface area contributed by atoms with Gasteiger partial charge in [0.05, 0.1) is 6.04 Å². The molecule has 1 aromatic rings. The third-order valence-corrected chi connectivity index (χ3v) is 4.48. The smallest absolute Gasteiger partial charge is 0.239 e. The largest absolute Gasteiger partial charge is 0.341 e. The second kappa shape index (κ2) is 5.33. The normalized spacial score (nSPS) is 21.2. The highest BCUT2D eigenvalue weighted by Crippen LogP contribution is 2.21. The van der Waals surface area contributed by atoms with Crippen molar-refractivity contribution in [2.45, 2.75) is 38.8 Å². The zero-order chi connectivity index (χ0) is 13.2. The first-order chi connectivity index (χ1) is 9.25. The number of benzene rings is 1. The summed E-state index contributed by atoms with van der Waals surface area (Å²) in [6, 6.07) is 8.61. The Hall–Kier alpha value is -1.35. The predicted molar refractivity (Wildman–Crippen MR) is 75.8 cm³/mol. The third kappa shape index (κ3) is 2.52. The van der Waals surface area contributed by atoms with Crippen molar-refractivity contribution < 1.29 is 4.79 Å². The van der Waals surface area contributed by atoms with E-state index >= 15 is 0 Å². The second-order valence-corrected chi connectivity index (χ2v) is 5.70. The van der Waals surface area contributed by atoms with Gasteiger partial charge in [-0.3, -0.25) is 9.69 Å². The van der Waals surface area contributed by atoms with E-state index in [2.05, 4.69) is 36.1 Å². The van der Waals surface area contributed by atoms with E-state index in [-0.39, 0.29) is 6.04 Å². The van der Waals surface area contributed by atoms with Crippen molar-refractivity contribution in [3.8, 4) is 0 Å². The number of hydrogen-bond acceptors (Lipinski definition) is 2. The van der Waals surface area contributed by atoms with Gasteiger partial charge in [-0.25, -0.2) is 0 Å². The molecule has 102 valence electrons. The Balaban J connectivity index is 1.68. The van der Waals surface area contributed by atoms with Crippen molar-refractivity contribution in [3.63, 3.8) is 0 Å². The van der Waals surface area contributed by atoms with E-state index in [0.717, 1.165) is 32.6 Å². The number of likely N-dealkylation sites (tertiary alicyclic amines) is 1. The van der Waals surface area contributed by atoms with E-state index in [1.807, 2.05) is 4.90 Å². The van der Waals surface area contributed by atoms with Crippen LogP contribution in [0.1, 0.15) is 30.9 Å². The molecule has 1 saturated heterocycles. The summed E-state index contributed by atoms with van der Waals surface area (Å²) in [4.78, 5) is 16.8. The van der Waals surface area contributed by atoms with Crippen LogP contribution in [-0.2, 0) is 17.8 Å². The standard InChI is InChI=1S/C16H22N2O/c1-13(16(19)17-9-4-5-10-17)18-11-8-14-6-2-3-7-15(14)12-18/h2-3,6-7,13H,4-5,8-12H2,1H3. The van der Waals surface area contributed by atoms with Crippen LogP contribution in [-0.4, -0.2) is 41.4 Å². The SMILES string of the molecule is CC(C(=O)N1CCCC1)N1CCc2ccccc2C1. The fourth-order valence-electron chi connectivity index (χ4n) is 3.21. The molecule has 1 atom stereocenters. The fraction of sp³-hybridized carbons (Fsp3) is 0.562. The summed E-state index contributed by atoms with van der Waals surface area (Å²) in [6.07, 6.45) is 3.40. The first-order valence-corrected chi connectivity index (χ1v) is 7.35. The average molecular weight is 258 g/mol. The van der Waals surface area contributed by atoms with Crippen molar-refractivity contribution in [1.82, 2.24) is 9.80 Å². The summed E-state index contributed by atoms with van der Waals surface area (Å²) in [6.45, 7) is 5.88. The lowest BCUT2D eigenvalue weighted by atomic mass is 9.98. The number of carbonyl (C=O) groups is 1. The Labute approximate surface area is 115 Å². The molecular weight excluding hydrogens is 236 g/mol. The van der Waals surface area contributed by atoms with E-state index in [1.165, 1.54) is 24.0 Å². The molecule has 2 aliphatic rings. The third-order valence-electron chi connectivity index (χ3n) is 4.48. The van der Waals surface area contributed by atoms with Gasteiger partial charge in [0.2, 0.25) is 5.91 Å². The Morgan fingerprint density at radius 2 is 1.79 bits per heavy atom. The van der Waals surface area contributed by atoms with E-state index < -0.39 is 0 Å². The van der Waals surface area contributed by atoms with Crippen LogP contribution in [0.15, 0.2) is 24.3 Å². The molecule has 0 saturated carbocycles. The molecule has 1 unspecified atom stereocenters. The molecule has 3 nitrogen and oxygen atoms in total. The minimum Gasteiger partial charge on any atom is -0.341 e. The van der Waals surface area contributed by atoms with Gasteiger partial charge in [0.25, 0.3) is 0 Å². The van der Waals surface area contributed by atoms with Crippen LogP contribution in [0.25, 0.3) is 0 Å². The number of nitrogens with zero attached hydrogens (tertiary/aromatic N) is 2. The van der Waals surface area contributed by atoms with Gasteiger partial charge in [-0.2, -0.15) is 0 Å². The quantitative estimate of drug-likeness (QED) is 0.810. The summed E-state index contributed by atoms with van der Waals surface area (Å²) in [7, 11) is 0. The van der Waals surface area contributed by atoms with Crippen molar-refractivity contribution in [3.05, 3.63) is 35.4 Å². The molecule has 3 rings (SSSR count). The summed E-state index contributed by atoms with van der Waals surface area (Å²) >= 11 is 0. The van der Waals surface area contributed by atoms with Crippen molar-refractivity contribution >= 4 is 5.91 Å². The molecule has 1 fully saturated rings. The van der Waals surface area contributed by atoms with Gasteiger partial charge in [0, 0.05) is 26.2 Å². The van der Waals surface area contributed by atoms with Gasteiger partial charge >= 0.3 is 0 Å². The molecule has 0 bridgehead atoms. The Kier molecular flexibility index (Phi) is 3.56. The average Bonchev–Trinajstić information content (AvgIpc) is 2.99. The number of rotatable bonds is 2. The summed E-state index contributed by atoms with van der Waals surface area (Å²) < 4.78 is 0. The van der Waals surface area contributed by atoms with Crippen LogP contribution in [0.4, 0.5) is 0 Å². The van der Waals surface area contributed by atoms with E-state index in [4.69, 9.17) is 0 Å². The first-order valence-electron chi connectivity index (χ1n) is 7.35. The summed E-state index contributed by atoms with van der Waals surface area (Å²) in [5.74, 6) is 0.317. The molecule has 1 amide bonds. The van der Waals surface area contributed by atoms with Crippen LogP contribution < -0.4 is 0 Å². The molecular formula is C16H22N2O. The lowest BCUT2D eigenvalue weighted by molar-refractivity contribution is -0.135. The van der Waals surface area contributed by atoms with Crippen LogP contribution in [0.5, 0.6) is 0 Å². The number of amides is 1. The molecule has 0 radical (unpaired) electrons. The number of carbonyl (C=O) groups excluding carboxylic acids is 1. The molecule has 0 spiro atoms. The molecule has 0 aliphatic carbocycles. The van der Waals surface area contributed by atoms with Crippen molar-refractivity contribution in [2.24, 2.45) is 0 Å². The van der Waals surface area contributed by atoms with Gasteiger partial charge in [-0.05, 0) is 37.3 Å². The molecule has 2 heterocycles. The highest BCUT2D eigenvalue weighted by atomic mass is 16.2. The summed E-state index contributed by atoms with van der Waals surface area (Å²) in [5, 5.41) is 0. The minimum absolute atomic E-state index is 0.0199. The molecule has 3 heteroatoms. The van der Waals surface area contributed by atoms with Gasteiger partial charge in [0.15, 0.2) is 0 Å². The highest BCUT2D eigenvalue weighted by molar-refractivity contribution is 5.81. The lowest BCUT2D eigenvalue weighted by Gasteiger charge is -2.34. The Morgan fingerprint density at radius 3 is 2.53 bits per heavy atom. The van der Waals surface area contributed by atoms with Crippen molar-refractivity contribution in [2.75, 3.05) is 19.6 Å².